The number of carbonyl (C=O) groups excluding carboxylic acids is 2. The minimum Gasteiger partial charge on any atom is -0.364 e. The fraction of sp³-hybridized carbons (Fsp3) is 0.500. The van der Waals surface area contributed by atoms with Crippen LogP contribution in [0.2, 0.25) is 0 Å². The minimum absolute atomic E-state index is 0.0947. The Morgan fingerprint density at radius 3 is 2.95 bits per heavy atom. The number of nitrogens with zero attached hydrogens (tertiary/aromatic N) is 2. The molecular weight excluding hydrogens is 256 g/mol. The van der Waals surface area contributed by atoms with Gasteiger partial charge in [-0.05, 0) is 38.3 Å². The minimum atomic E-state index is -0.566. The van der Waals surface area contributed by atoms with Crippen molar-refractivity contribution in [3.05, 3.63) is 29.9 Å². The van der Waals surface area contributed by atoms with Crippen LogP contribution in [0.25, 0.3) is 0 Å². The van der Waals surface area contributed by atoms with Crippen LogP contribution in [-0.4, -0.2) is 27.8 Å². The van der Waals surface area contributed by atoms with Gasteiger partial charge in [-0.2, -0.15) is 0 Å². The maximum atomic E-state index is 12.2. The van der Waals surface area contributed by atoms with Crippen LogP contribution in [0.1, 0.15) is 59.9 Å². The van der Waals surface area contributed by atoms with Crippen LogP contribution in [0, 0.1) is 0 Å². The predicted octanol–water partition coefficient (Wildman–Crippen LogP) is 1.40. The van der Waals surface area contributed by atoms with E-state index < -0.39 is 5.91 Å². The third-order valence-corrected chi connectivity index (χ3v) is 3.37. The number of aromatic nitrogens is 2. The van der Waals surface area contributed by atoms with E-state index in [1.165, 1.54) is 12.3 Å². The van der Waals surface area contributed by atoms with Gasteiger partial charge in [0.15, 0.2) is 5.82 Å². The molecule has 0 aromatic carbocycles. The first kappa shape index (κ1) is 14.5. The van der Waals surface area contributed by atoms with E-state index >= 15 is 0 Å². The van der Waals surface area contributed by atoms with Crippen LogP contribution in [0.4, 0.5) is 0 Å². The molecule has 0 radical (unpaired) electrons. The zero-order valence-electron chi connectivity index (χ0n) is 11.6. The van der Waals surface area contributed by atoms with Gasteiger partial charge in [-0.25, -0.2) is 4.98 Å². The molecule has 6 heteroatoms. The van der Waals surface area contributed by atoms with Crippen LogP contribution < -0.4 is 11.1 Å². The van der Waals surface area contributed by atoms with Crippen molar-refractivity contribution in [1.29, 1.82) is 0 Å². The molecule has 0 bridgehead atoms. The lowest BCUT2D eigenvalue weighted by Gasteiger charge is -2.27. The van der Waals surface area contributed by atoms with Gasteiger partial charge < -0.3 is 10.3 Å². The summed E-state index contributed by atoms with van der Waals surface area (Å²) in [5, 5.41) is 3.31. The summed E-state index contributed by atoms with van der Waals surface area (Å²) in [6.07, 6.45) is 8.33. The predicted molar refractivity (Wildman–Crippen MR) is 75.4 cm³/mol. The van der Waals surface area contributed by atoms with Crippen molar-refractivity contribution >= 4 is 11.7 Å². The zero-order valence-corrected chi connectivity index (χ0v) is 11.6. The summed E-state index contributed by atoms with van der Waals surface area (Å²) in [5.41, 5.74) is 5.65. The first-order chi connectivity index (χ1) is 9.65. The first-order valence-electron chi connectivity index (χ1n) is 6.96. The van der Waals surface area contributed by atoms with E-state index in [4.69, 9.17) is 5.73 Å². The summed E-state index contributed by atoms with van der Waals surface area (Å²) in [5.74, 6) is -0.502. The first-order valence-corrected chi connectivity index (χ1v) is 6.96. The molecule has 6 nitrogen and oxygen atoms in total. The molecule has 1 fully saturated rings. The summed E-state index contributed by atoms with van der Waals surface area (Å²) in [6, 6.07) is 0. The van der Waals surface area contributed by atoms with Gasteiger partial charge in [-0.15, -0.1) is 0 Å². The number of ketones is 1. The van der Waals surface area contributed by atoms with Gasteiger partial charge in [0, 0.05) is 0 Å². The molecule has 1 aromatic heterocycles. The highest BCUT2D eigenvalue weighted by molar-refractivity contribution is 6.03. The van der Waals surface area contributed by atoms with E-state index in [9.17, 15) is 9.59 Å². The lowest BCUT2D eigenvalue weighted by Crippen LogP contribution is -2.35. The van der Waals surface area contributed by atoms with Crippen molar-refractivity contribution < 1.29 is 9.59 Å². The van der Waals surface area contributed by atoms with E-state index in [1.54, 1.807) is 10.6 Å². The van der Waals surface area contributed by atoms with E-state index in [0.717, 1.165) is 32.2 Å². The van der Waals surface area contributed by atoms with Gasteiger partial charge in [0.05, 0.1) is 12.4 Å². The average molecular weight is 276 g/mol. The number of rotatable bonds is 5. The maximum absolute atomic E-state index is 12.2. The number of hydrogen-bond donors (Lipinski definition) is 2. The second-order valence-corrected chi connectivity index (χ2v) is 4.84. The third-order valence-electron chi connectivity index (χ3n) is 3.37. The standard InChI is InChI=1S/C14H20N4O2/c1-2-3-6-11(19)14-17-9-10(13(15)20)18(14)12-7-4-5-8-16-12/h3,6,9,12,16H,2,4-5,7-8H2,1H3,(H2,15,20). The van der Waals surface area contributed by atoms with E-state index in [1.807, 2.05) is 6.92 Å². The number of hydrogen-bond acceptors (Lipinski definition) is 4. The Balaban J connectivity index is 2.38. The van der Waals surface area contributed by atoms with Crippen molar-refractivity contribution in [2.75, 3.05) is 6.54 Å². The normalized spacial score (nSPS) is 19.4. The van der Waals surface area contributed by atoms with Crippen LogP contribution >= 0.6 is 0 Å². The Morgan fingerprint density at radius 2 is 2.35 bits per heavy atom. The number of amides is 1. The lowest BCUT2D eigenvalue weighted by molar-refractivity contribution is 0.0984. The summed E-state index contributed by atoms with van der Waals surface area (Å²) in [4.78, 5) is 27.8. The molecule has 0 spiro atoms. The van der Waals surface area contributed by atoms with E-state index in [-0.39, 0.29) is 23.5 Å². The van der Waals surface area contributed by atoms with Crippen LogP contribution in [-0.2, 0) is 0 Å². The fourth-order valence-corrected chi connectivity index (χ4v) is 2.39. The maximum Gasteiger partial charge on any atom is 0.267 e. The average Bonchev–Trinajstić information content (AvgIpc) is 2.90. The van der Waals surface area contributed by atoms with Gasteiger partial charge in [0.25, 0.3) is 5.91 Å². The second-order valence-electron chi connectivity index (χ2n) is 4.84. The highest BCUT2D eigenvalue weighted by atomic mass is 16.1. The molecule has 1 aliphatic heterocycles. The molecule has 0 saturated carbocycles. The van der Waals surface area contributed by atoms with Crippen molar-refractivity contribution in [3.63, 3.8) is 0 Å². The SMILES string of the molecule is CCC=CC(=O)c1ncc(C(N)=O)n1C1CCCCN1. The molecular formula is C14H20N4O2. The number of nitrogens with one attached hydrogen (secondary N) is 1. The Hall–Kier alpha value is -1.95. The summed E-state index contributed by atoms with van der Waals surface area (Å²) >= 11 is 0. The molecule has 20 heavy (non-hydrogen) atoms. The molecule has 1 aliphatic rings. The quantitative estimate of drug-likeness (QED) is 0.628. The Labute approximate surface area is 118 Å². The molecule has 3 N–H and O–H groups in total. The number of piperidine rings is 1. The lowest BCUT2D eigenvalue weighted by atomic mass is 10.1. The Morgan fingerprint density at radius 1 is 1.55 bits per heavy atom. The summed E-state index contributed by atoms with van der Waals surface area (Å²) < 4.78 is 1.64. The van der Waals surface area contributed by atoms with Gasteiger partial charge in [0.1, 0.15) is 5.69 Å². The van der Waals surface area contributed by atoms with E-state index in [0.29, 0.717) is 0 Å². The molecule has 1 amide bonds. The number of nitrogens with two attached hydrogens (primary N) is 1. The fourth-order valence-electron chi connectivity index (χ4n) is 2.39. The Bertz CT molecular complexity index is 527. The van der Waals surface area contributed by atoms with Gasteiger partial charge in [-0.3, -0.25) is 14.9 Å². The van der Waals surface area contributed by atoms with Crippen molar-refractivity contribution in [2.24, 2.45) is 5.73 Å². The smallest absolute Gasteiger partial charge is 0.267 e. The summed E-state index contributed by atoms with van der Waals surface area (Å²) in [7, 11) is 0. The number of carbonyl (C=O) groups is 2. The topological polar surface area (TPSA) is 90.0 Å². The van der Waals surface area contributed by atoms with Crippen LogP contribution in [0.5, 0.6) is 0 Å². The van der Waals surface area contributed by atoms with Gasteiger partial charge in [-0.1, -0.05) is 13.0 Å². The van der Waals surface area contributed by atoms with Crippen molar-refractivity contribution in [2.45, 2.75) is 38.8 Å². The van der Waals surface area contributed by atoms with Crippen LogP contribution in [0.15, 0.2) is 18.3 Å². The summed E-state index contributed by atoms with van der Waals surface area (Å²) in [6.45, 7) is 2.81. The third kappa shape index (κ3) is 2.96. The van der Waals surface area contributed by atoms with Gasteiger partial charge >= 0.3 is 0 Å². The largest absolute Gasteiger partial charge is 0.364 e. The monoisotopic (exact) mass is 276 g/mol. The van der Waals surface area contributed by atoms with Crippen molar-refractivity contribution in [1.82, 2.24) is 14.9 Å². The molecule has 0 aliphatic carbocycles. The molecule has 1 saturated heterocycles. The molecule has 1 aromatic rings. The molecule has 2 heterocycles. The zero-order chi connectivity index (χ0) is 14.5. The molecule has 2 rings (SSSR count). The van der Waals surface area contributed by atoms with Crippen molar-refractivity contribution in [3.8, 4) is 0 Å². The Kier molecular flexibility index (Phi) is 4.68. The number of primary amides is 1. The highest BCUT2D eigenvalue weighted by Crippen LogP contribution is 2.21. The van der Waals surface area contributed by atoms with Crippen LogP contribution in [0.3, 0.4) is 0 Å². The number of allylic oxidation sites excluding steroid dienone is 2. The molecule has 108 valence electrons. The van der Waals surface area contributed by atoms with Gasteiger partial charge in [0.2, 0.25) is 5.78 Å². The second kappa shape index (κ2) is 6.47. The number of imidazole rings is 1. The molecule has 1 unspecified atom stereocenters. The van der Waals surface area contributed by atoms with E-state index in [2.05, 4.69) is 10.3 Å². The molecule has 1 atom stereocenters. The highest BCUT2D eigenvalue weighted by Gasteiger charge is 2.25.